The van der Waals surface area contributed by atoms with Gasteiger partial charge >= 0.3 is 0 Å². The van der Waals surface area contributed by atoms with Crippen LogP contribution in [0.15, 0.2) is 23.3 Å². The standard InChI is InChI=1S/C9H4FIN4/c10-8-2-1-6(3-9(8)11)14-15-7(4-12)5-13/h1-3,14H. The number of benzene rings is 1. The van der Waals surface area contributed by atoms with Crippen molar-refractivity contribution in [2.75, 3.05) is 5.43 Å². The van der Waals surface area contributed by atoms with E-state index in [2.05, 4.69) is 10.5 Å². The topological polar surface area (TPSA) is 72.0 Å². The third-order valence-electron chi connectivity index (χ3n) is 1.43. The summed E-state index contributed by atoms with van der Waals surface area (Å²) in [5, 5.41) is 20.3. The molecule has 0 aromatic heterocycles. The molecule has 0 saturated carbocycles. The maximum absolute atomic E-state index is 12.9. The maximum Gasteiger partial charge on any atom is 0.237 e. The van der Waals surface area contributed by atoms with Gasteiger partial charge in [0, 0.05) is 0 Å². The van der Waals surface area contributed by atoms with Gasteiger partial charge in [-0.2, -0.15) is 15.6 Å². The Labute approximate surface area is 99.2 Å². The van der Waals surface area contributed by atoms with Crippen molar-refractivity contribution in [2.45, 2.75) is 0 Å². The van der Waals surface area contributed by atoms with E-state index in [1.165, 1.54) is 18.2 Å². The fraction of sp³-hybridized carbons (Fsp3) is 0. The number of nitriles is 2. The molecular formula is C9H4FIN4. The smallest absolute Gasteiger partial charge is 0.237 e. The molecule has 0 heterocycles. The first-order valence-corrected chi connectivity index (χ1v) is 4.84. The summed E-state index contributed by atoms with van der Waals surface area (Å²) in [6.07, 6.45) is 0. The van der Waals surface area contributed by atoms with Gasteiger partial charge < -0.3 is 0 Å². The van der Waals surface area contributed by atoms with Crippen LogP contribution in [-0.4, -0.2) is 5.71 Å². The first kappa shape index (κ1) is 11.4. The Balaban J connectivity index is 2.84. The maximum atomic E-state index is 12.9. The number of rotatable bonds is 2. The SMILES string of the molecule is N#CC(C#N)=NNc1ccc(F)c(I)c1. The highest BCUT2D eigenvalue weighted by molar-refractivity contribution is 14.1. The quantitative estimate of drug-likeness (QED) is 0.517. The summed E-state index contributed by atoms with van der Waals surface area (Å²) in [5.74, 6) is -0.328. The fourth-order valence-electron chi connectivity index (χ4n) is 0.761. The molecule has 0 aliphatic rings. The van der Waals surface area contributed by atoms with Crippen LogP contribution in [0.1, 0.15) is 0 Å². The molecule has 4 nitrogen and oxygen atoms in total. The van der Waals surface area contributed by atoms with Crippen LogP contribution in [0, 0.1) is 32.0 Å². The van der Waals surface area contributed by atoms with Crippen LogP contribution in [0.25, 0.3) is 0 Å². The second-order valence-electron chi connectivity index (χ2n) is 2.42. The summed E-state index contributed by atoms with van der Waals surface area (Å²) in [7, 11) is 0. The lowest BCUT2D eigenvalue weighted by Crippen LogP contribution is -1.96. The zero-order chi connectivity index (χ0) is 11.3. The lowest BCUT2D eigenvalue weighted by atomic mass is 10.3. The van der Waals surface area contributed by atoms with E-state index >= 15 is 0 Å². The van der Waals surface area contributed by atoms with Crippen LogP contribution < -0.4 is 5.43 Å². The highest BCUT2D eigenvalue weighted by Crippen LogP contribution is 2.16. The van der Waals surface area contributed by atoms with Crippen molar-refractivity contribution in [3.63, 3.8) is 0 Å². The summed E-state index contributed by atoms with van der Waals surface area (Å²) >= 11 is 1.83. The Kier molecular flexibility index (Phi) is 4.01. The molecule has 0 fully saturated rings. The average Bonchev–Trinajstić information content (AvgIpc) is 2.24. The van der Waals surface area contributed by atoms with Crippen molar-refractivity contribution in [3.8, 4) is 12.1 Å². The van der Waals surface area contributed by atoms with Crippen molar-refractivity contribution in [1.29, 1.82) is 10.5 Å². The number of nitrogens with zero attached hydrogens (tertiary/aromatic N) is 3. The van der Waals surface area contributed by atoms with Crippen LogP contribution in [-0.2, 0) is 0 Å². The predicted octanol–water partition coefficient (Wildman–Crippen LogP) is 2.25. The van der Waals surface area contributed by atoms with Crippen LogP contribution in [0.3, 0.4) is 0 Å². The molecule has 0 bridgehead atoms. The molecule has 1 rings (SSSR count). The minimum absolute atomic E-state index is 0.283. The number of nitrogens with one attached hydrogen (secondary N) is 1. The Morgan fingerprint density at radius 3 is 2.60 bits per heavy atom. The molecule has 0 aliphatic heterocycles. The molecule has 0 saturated heterocycles. The summed E-state index contributed by atoms with van der Waals surface area (Å²) in [4.78, 5) is 0. The normalized spacial score (nSPS) is 8.53. The summed E-state index contributed by atoms with van der Waals surface area (Å²) in [6.45, 7) is 0. The van der Waals surface area contributed by atoms with Gasteiger partial charge in [-0.05, 0) is 40.8 Å². The van der Waals surface area contributed by atoms with Crippen LogP contribution >= 0.6 is 22.6 Å². The number of hydrazone groups is 1. The van der Waals surface area contributed by atoms with Crippen molar-refractivity contribution in [2.24, 2.45) is 5.10 Å². The monoisotopic (exact) mass is 314 g/mol. The average molecular weight is 314 g/mol. The third-order valence-corrected chi connectivity index (χ3v) is 2.25. The molecule has 0 unspecified atom stereocenters. The van der Waals surface area contributed by atoms with E-state index in [9.17, 15) is 4.39 Å². The number of hydrogen-bond acceptors (Lipinski definition) is 4. The molecule has 0 amide bonds. The summed E-state index contributed by atoms with van der Waals surface area (Å²) in [6, 6.07) is 7.46. The Morgan fingerprint density at radius 1 is 1.40 bits per heavy atom. The fourth-order valence-corrected chi connectivity index (χ4v) is 1.28. The molecule has 0 aliphatic carbocycles. The third kappa shape index (κ3) is 3.18. The van der Waals surface area contributed by atoms with Gasteiger partial charge in [-0.15, -0.1) is 0 Å². The van der Waals surface area contributed by atoms with E-state index in [1.807, 2.05) is 22.6 Å². The second-order valence-corrected chi connectivity index (χ2v) is 3.59. The lowest BCUT2D eigenvalue weighted by molar-refractivity contribution is 0.620. The zero-order valence-corrected chi connectivity index (χ0v) is 9.49. The molecule has 0 spiro atoms. The largest absolute Gasteiger partial charge is 0.276 e. The van der Waals surface area contributed by atoms with E-state index in [0.717, 1.165) is 0 Å². The van der Waals surface area contributed by atoms with Crippen LogP contribution in [0.5, 0.6) is 0 Å². The molecule has 1 N–H and O–H groups in total. The molecule has 1 aromatic carbocycles. The van der Waals surface area contributed by atoms with Crippen molar-refractivity contribution >= 4 is 34.0 Å². The van der Waals surface area contributed by atoms with Crippen LogP contribution in [0.4, 0.5) is 10.1 Å². The van der Waals surface area contributed by atoms with Gasteiger partial charge in [0.05, 0.1) is 9.26 Å². The van der Waals surface area contributed by atoms with E-state index in [-0.39, 0.29) is 11.5 Å². The van der Waals surface area contributed by atoms with E-state index in [1.54, 1.807) is 12.1 Å². The Hall–Kier alpha value is -1.67. The van der Waals surface area contributed by atoms with Crippen molar-refractivity contribution < 1.29 is 4.39 Å². The van der Waals surface area contributed by atoms with Crippen molar-refractivity contribution in [1.82, 2.24) is 0 Å². The van der Waals surface area contributed by atoms with Gasteiger partial charge in [-0.1, -0.05) is 0 Å². The summed E-state index contributed by atoms with van der Waals surface area (Å²) in [5.41, 5.74) is 2.72. The molecule has 15 heavy (non-hydrogen) atoms. The van der Waals surface area contributed by atoms with Gasteiger partial charge in [-0.3, -0.25) is 5.43 Å². The summed E-state index contributed by atoms with van der Waals surface area (Å²) < 4.78 is 13.3. The van der Waals surface area contributed by atoms with E-state index in [0.29, 0.717) is 9.26 Å². The first-order chi connectivity index (χ1) is 7.17. The Morgan fingerprint density at radius 2 is 2.07 bits per heavy atom. The molecule has 0 atom stereocenters. The zero-order valence-electron chi connectivity index (χ0n) is 7.33. The van der Waals surface area contributed by atoms with Gasteiger partial charge in [0.1, 0.15) is 18.0 Å². The van der Waals surface area contributed by atoms with E-state index in [4.69, 9.17) is 10.5 Å². The molecular weight excluding hydrogens is 310 g/mol. The van der Waals surface area contributed by atoms with Crippen LogP contribution in [0.2, 0.25) is 0 Å². The van der Waals surface area contributed by atoms with Gasteiger partial charge in [0.25, 0.3) is 0 Å². The number of halogens is 2. The molecule has 0 radical (unpaired) electrons. The minimum Gasteiger partial charge on any atom is -0.276 e. The van der Waals surface area contributed by atoms with Crippen molar-refractivity contribution in [3.05, 3.63) is 27.6 Å². The predicted molar refractivity (Wildman–Crippen MR) is 61.4 cm³/mol. The second kappa shape index (κ2) is 5.27. The molecule has 6 heteroatoms. The highest BCUT2D eigenvalue weighted by Gasteiger charge is 1.99. The minimum atomic E-state index is -0.328. The van der Waals surface area contributed by atoms with Gasteiger partial charge in [0.2, 0.25) is 5.71 Å². The van der Waals surface area contributed by atoms with Gasteiger partial charge in [-0.25, -0.2) is 4.39 Å². The Bertz CT molecular complexity index is 468. The highest BCUT2D eigenvalue weighted by atomic mass is 127. The lowest BCUT2D eigenvalue weighted by Gasteiger charge is -2.00. The molecule has 1 aromatic rings. The molecule has 74 valence electrons. The van der Waals surface area contributed by atoms with E-state index < -0.39 is 0 Å². The van der Waals surface area contributed by atoms with Gasteiger partial charge in [0.15, 0.2) is 0 Å². The number of hydrogen-bond donors (Lipinski definition) is 1. The number of anilines is 1. The first-order valence-electron chi connectivity index (χ1n) is 3.76.